The zero-order chi connectivity index (χ0) is 13.1. The van der Waals surface area contributed by atoms with Crippen molar-refractivity contribution in [3.8, 4) is 5.75 Å². The molecule has 0 spiro atoms. The molecule has 0 amide bonds. The SMILES string of the molecule is COc1ccc(C(=O)C2CCC(O)CC2)cc1C. The number of aliphatic hydroxyl groups is 1. The van der Waals surface area contributed by atoms with Crippen LogP contribution >= 0.6 is 0 Å². The second kappa shape index (κ2) is 5.53. The first kappa shape index (κ1) is 13.1. The van der Waals surface area contributed by atoms with Crippen molar-refractivity contribution in [3.63, 3.8) is 0 Å². The predicted octanol–water partition coefficient (Wildman–Crippen LogP) is 2.74. The van der Waals surface area contributed by atoms with Crippen LogP contribution in [0.2, 0.25) is 0 Å². The van der Waals surface area contributed by atoms with Gasteiger partial charge in [-0.25, -0.2) is 0 Å². The van der Waals surface area contributed by atoms with Gasteiger partial charge in [-0.05, 0) is 56.4 Å². The van der Waals surface area contributed by atoms with Crippen LogP contribution in [-0.2, 0) is 0 Å². The van der Waals surface area contributed by atoms with Gasteiger partial charge in [0, 0.05) is 11.5 Å². The third kappa shape index (κ3) is 2.72. The van der Waals surface area contributed by atoms with Gasteiger partial charge in [-0.15, -0.1) is 0 Å². The number of Topliss-reactive ketones (excluding diaryl/α,β-unsaturated/α-hetero) is 1. The Kier molecular flexibility index (Phi) is 4.02. The molecule has 3 heteroatoms. The molecule has 0 bridgehead atoms. The van der Waals surface area contributed by atoms with Crippen LogP contribution in [0.4, 0.5) is 0 Å². The van der Waals surface area contributed by atoms with Gasteiger partial charge in [-0.3, -0.25) is 4.79 Å². The number of hydrogen-bond acceptors (Lipinski definition) is 3. The van der Waals surface area contributed by atoms with Crippen LogP contribution in [0.1, 0.15) is 41.6 Å². The Balaban J connectivity index is 2.11. The van der Waals surface area contributed by atoms with E-state index in [9.17, 15) is 9.90 Å². The van der Waals surface area contributed by atoms with E-state index < -0.39 is 0 Å². The molecule has 0 unspecified atom stereocenters. The molecule has 0 heterocycles. The molecule has 0 atom stereocenters. The lowest BCUT2D eigenvalue weighted by Gasteiger charge is -2.24. The number of benzene rings is 1. The maximum absolute atomic E-state index is 12.3. The molecule has 1 aliphatic rings. The van der Waals surface area contributed by atoms with Crippen LogP contribution in [-0.4, -0.2) is 24.1 Å². The third-order valence-corrected chi connectivity index (χ3v) is 3.75. The van der Waals surface area contributed by atoms with Crippen molar-refractivity contribution in [3.05, 3.63) is 29.3 Å². The molecular weight excluding hydrogens is 228 g/mol. The van der Waals surface area contributed by atoms with E-state index in [1.807, 2.05) is 25.1 Å². The number of hydrogen-bond donors (Lipinski definition) is 1. The Morgan fingerprint density at radius 3 is 2.50 bits per heavy atom. The number of carbonyl (C=O) groups excluding carboxylic acids is 1. The summed E-state index contributed by atoms with van der Waals surface area (Å²) in [6, 6.07) is 5.58. The quantitative estimate of drug-likeness (QED) is 0.837. The van der Waals surface area contributed by atoms with Crippen molar-refractivity contribution >= 4 is 5.78 Å². The Morgan fingerprint density at radius 2 is 1.94 bits per heavy atom. The van der Waals surface area contributed by atoms with E-state index in [4.69, 9.17) is 4.74 Å². The van der Waals surface area contributed by atoms with Gasteiger partial charge in [0.2, 0.25) is 0 Å². The zero-order valence-electron chi connectivity index (χ0n) is 11.0. The molecule has 0 aliphatic heterocycles. The van der Waals surface area contributed by atoms with E-state index in [0.717, 1.165) is 42.6 Å². The highest BCUT2D eigenvalue weighted by molar-refractivity contribution is 5.98. The van der Waals surface area contributed by atoms with Crippen LogP contribution in [0.3, 0.4) is 0 Å². The second-order valence-corrected chi connectivity index (χ2v) is 5.05. The number of aliphatic hydroxyl groups excluding tert-OH is 1. The van der Waals surface area contributed by atoms with Crippen molar-refractivity contribution < 1.29 is 14.6 Å². The van der Waals surface area contributed by atoms with E-state index in [2.05, 4.69) is 0 Å². The van der Waals surface area contributed by atoms with E-state index in [1.165, 1.54) is 0 Å². The van der Waals surface area contributed by atoms with E-state index in [0.29, 0.717) is 0 Å². The fraction of sp³-hybridized carbons (Fsp3) is 0.533. The number of carbonyl (C=O) groups is 1. The second-order valence-electron chi connectivity index (χ2n) is 5.05. The standard InChI is InChI=1S/C15H20O3/c1-10-9-12(5-8-14(10)18-2)15(17)11-3-6-13(16)7-4-11/h5,8-9,11,13,16H,3-4,6-7H2,1-2H3. The molecule has 0 aromatic heterocycles. The minimum absolute atomic E-state index is 0.0706. The molecule has 1 aromatic rings. The molecular formula is C15H20O3. The van der Waals surface area contributed by atoms with Gasteiger partial charge >= 0.3 is 0 Å². The molecule has 1 fully saturated rings. The van der Waals surface area contributed by atoms with Crippen molar-refractivity contribution in [2.75, 3.05) is 7.11 Å². The summed E-state index contributed by atoms with van der Waals surface area (Å²) in [6.45, 7) is 1.94. The highest BCUT2D eigenvalue weighted by Gasteiger charge is 2.26. The largest absolute Gasteiger partial charge is 0.496 e. The summed E-state index contributed by atoms with van der Waals surface area (Å²) in [5, 5.41) is 9.46. The van der Waals surface area contributed by atoms with Gasteiger partial charge < -0.3 is 9.84 Å². The van der Waals surface area contributed by atoms with Crippen LogP contribution in [0.15, 0.2) is 18.2 Å². The molecule has 0 saturated heterocycles. The van der Waals surface area contributed by atoms with Gasteiger partial charge in [0.1, 0.15) is 5.75 Å². The number of rotatable bonds is 3. The topological polar surface area (TPSA) is 46.5 Å². The summed E-state index contributed by atoms with van der Waals surface area (Å²) in [5.41, 5.74) is 1.74. The van der Waals surface area contributed by atoms with Crippen LogP contribution in [0, 0.1) is 12.8 Å². The first-order valence-corrected chi connectivity index (χ1v) is 6.48. The lowest BCUT2D eigenvalue weighted by atomic mass is 9.82. The Bertz CT molecular complexity index is 431. The van der Waals surface area contributed by atoms with E-state index >= 15 is 0 Å². The fourth-order valence-corrected chi connectivity index (χ4v) is 2.61. The zero-order valence-corrected chi connectivity index (χ0v) is 11.0. The van der Waals surface area contributed by atoms with Gasteiger partial charge in [-0.1, -0.05) is 0 Å². The Morgan fingerprint density at radius 1 is 1.28 bits per heavy atom. The smallest absolute Gasteiger partial charge is 0.165 e. The van der Waals surface area contributed by atoms with Crippen molar-refractivity contribution in [1.82, 2.24) is 0 Å². The fourth-order valence-electron chi connectivity index (χ4n) is 2.61. The molecule has 1 N–H and O–H groups in total. The molecule has 0 radical (unpaired) electrons. The summed E-state index contributed by atoms with van der Waals surface area (Å²) in [7, 11) is 1.63. The molecule has 3 nitrogen and oxygen atoms in total. The van der Waals surface area contributed by atoms with Crippen LogP contribution in [0.5, 0.6) is 5.75 Å². The van der Waals surface area contributed by atoms with Gasteiger partial charge in [0.15, 0.2) is 5.78 Å². The van der Waals surface area contributed by atoms with E-state index in [1.54, 1.807) is 7.11 Å². The van der Waals surface area contributed by atoms with Gasteiger partial charge in [-0.2, -0.15) is 0 Å². The summed E-state index contributed by atoms with van der Waals surface area (Å²) in [5.74, 6) is 1.08. The molecule has 1 aromatic carbocycles. The lowest BCUT2D eigenvalue weighted by Crippen LogP contribution is -2.24. The minimum atomic E-state index is -0.216. The van der Waals surface area contributed by atoms with Crippen molar-refractivity contribution in [2.24, 2.45) is 5.92 Å². The summed E-state index contributed by atoms with van der Waals surface area (Å²) in [6.07, 6.45) is 2.86. The number of aryl methyl sites for hydroxylation is 1. The normalized spacial score (nSPS) is 23.7. The average Bonchev–Trinajstić information content (AvgIpc) is 2.38. The van der Waals surface area contributed by atoms with E-state index in [-0.39, 0.29) is 17.8 Å². The number of ether oxygens (including phenoxy) is 1. The predicted molar refractivity (Wildman–Crippen MR) is 70.0 cm³/mol. The minimum Gasteiger partial charge on any atom is -0.496 e. The monoisotopic (exact) mass is 248 g/mol. The average molecular weight is 248 g/mol. The van der Waals surface area contributed by atoms with Gasteiger partial charge in [0.05, 0.1) is 13.2 Å². The Labute approximate surface area is 108 Å². The summed E-state index contributed by atoms with van der Waals surface area (Å²) < 4.78 is 5.19. The molecule has 1 aliphatic carbocycles. The third-order valence-electron chi connectivity index (χ3n) is 3.75. The highest BCUT2D eigenvalue weighted by atomic mass is 16.5. The highest BCUT2D eigenvalue weighted by Crippen LogP contribution is 2.28. The first-order valence-electron chi connectivity index (χ1n) is 6.48. The maximum Gasteiger partial charge on any atom is 0.165 e. The van der Waals surface area contributed by atoms with Gasteiger partial charge in [0.25, 0.3) is 0 Å². The Hall–Kier alpha value is -1.35. The summed E-state index contributed by atoms with van der Waals surface area (Å²) in [4.78, 5) is 12.3. The van der Waals surface area contributed by atoms with Crippen LogP contribution in [0.25, 0.3) is 0 Å². The van der Waals surface area contributed by atoms with Crippen molar-refractivity contribution in [1.29, 1.82) is 0 Å². The molecule has 2 rings (SSSR count). The molecule has 18 heavy (non-hydrogen) atoms. The number of ketones is 1. The summed E-state index contributed by atoms with van der Waals surface area (Å²) >= 11 is 0. The molecule has 98 valence electrons. The van der Waals surface area contributed by atoms with Crippen LogP contribution < -0.4 is 4.74 Å². The molecule has 1 saturated carbocycles. The maximum atomic E-state index is 12.3. The van der Waals surface area contributed by atoms with Crippen molar-refractivity contribution in [2.45, 2.75) is 38.7 Å². The first-order chi connectivity index (χ1) is 8.61. The lowest BCUT2D eigenvalue weighted by molar-refractivity contribution is 0.0764. The number of methoxy groups -OCH3 is 1.